The minimum Gasteiger partial charge on any atom is -0.496 e. The van der Waals surface area contributed by atoms with Crippen LogP contribution >= 0.6 is 11.3 Å². The molecule has 0 radical (unpaired) electrons. The van der Waals surface area contributed by atoms with Gasteiger partial charge in [-0.2, -0.15) is 0 Å². The highest BCUT2D eigenvalue weighted by Crippen LogP contribution is 2.33. The highest BCUT2D eigenvalue weighted by molar-refractivity contribution is 7.14. The summed E-state index contributed by atoms with van der Waals surface area (Å²) < 4.78 is 10.8. The molecule has 30 heavy (non-hydrogen) atoms. The van der Waals surface area contributed by atoms with Crippen LogP contribution in [0.5, 0.6) is 11.5 Å². The van der Waals surface area contributed by atoms with Crippen LogP contribution in [0, 0.1) is 6.92 Å². The Bertz CT molecular complexity index is 1030. The number of anilines is 1. The first-order valence-corrected chi connectivity index (χ1v) is 10.5. The third-order valence-corrected chi connectivity index (χ3v) is 5.21. The van der Waals surface area contributed by atoms with Gasteiger partial charge in [0.15, 0.2) is 10.9 Å². The number of carbonyl (C=O) groups is 2. The maximum Gasteiger partial charge on any atom is 0.226 e. The first kappa shape index (κ1) is 21.5. The summed E-state index contributed by atoms with van der Waals surface area (Å²) in [5.74, 6) is 1.12. The lowest BCUT2D eigenvalue weighted by Gasteiger charge is -2.07. The second-order valence-corrected chi connectivity index (χ2v) is 7.53. The lowest BCUT2D eigenvalue weighted by Crippen LogP contribution is -2.13. The van der Waals surface area contributed by atoms with Gasteiger partial charge in [-0.3, -0.25) is 9.59 Å². The monoisotopic (exact) mass is 424 g/mol. The third-order valence-electron chi connectivity index (χ3n) is 4.45. The molecule has 7 heteroatoms. The Kier molecular flexibility index (Phi) is 7.19. The van der Waals surface area contributed by atoms with Crippen LogP contribution in [0.15, 0.2) is 47.8 Å². The average molecular weight is 425 g/mol. The number of carbonyl (C=O) groups excluding carboxylic acids is 2. The molecule has 0 unspecified atom stereocenters. The molecule has 0 spiro atoms. The first-order chi connectivity index (χ1) is 14.5. The van der Waals surface area contributed by atoms with E-state index in [4.69, 9.17) is 9.47 Å². The number of rotatable bonds is 9. The van der Waals surface area contributed by atoms with Crippen molar-refractivity contribution in [1.29, 1.82) is 0 Å². The summed E-state index contributed by atoms with van der Waals surface area (Å²) in [4.78, 5) is 29.1. The molecular weight excluding hydrogens is 400 g/mol. The Morgan fingerprint density at radius 1 is 1.10 bits per heavy atom. The SMILES string of the molecule is CCOc1ccc(C(=O)CCC(=O)Nc2nc(-c3cc(C)ccc3OC)cs2)cc1. The molecule has 3 rings (SSSR count). The van der Waals surface area contributed by atoms with Crippen LogP contribution in [0.25, 0.3) is 11.3 Å². The zero-order valence-electron chi connectivity index (χ0n) is 17.2. The fraction of sp³-hybridized carbons (Fsp3) is 0.261. The molecule has 1 aromatic heterocycles. The van der Waals surface area contributed by atoms with Crippen LogP contribution in [0.2, 0.25) is 0 Å². The molecule has 0 bridgehead atoms. The zero-order chi connectivity index (χ0) is 21.5. The summed E-state index contributed by atoms with van der Waals surface area (Å²) >= 11 is 1.34. The van der Waals surface area contributed by atoms with Crippen molar-refractivity contribution in [3.05, 3.63) is 59.0 Å². The van der Waals surface area contributed by atoms with Crippen molar-refractivity contribution in [3.63, 3.8) is 0 Å². The first-order valence-electron chi connectivity index (χ1n) is 9.66. The highest BCUT2D eigenvalue weighted by Gasteiger charge is 2.14. The van der Waals surface area contributed by atoms with Gasteiger partial charge >= 0.3 is 0 Å². The van der Waals surface area contributed by atoms with Gasteiger partial charge in [0.1, 0.15) is 11.5 Å². The number of nitrogens with one attached hydrogen (secondary N) is 1. The number of hydrogen-bond acceptors (Lipinski definition) is 6. The van der Waals surface area contributed by atoms with E-state index >= 15 is 0 Å². The van der Waals surface area contributed by atoms with Crippen molar-refractivity contribution in [2.75, 3.05) is 19.0 Å². The molecule has 156 valence electrons. The Morgan fingerprint density at radius 3 is 2.57 bits per heavy atom. The maximum atomic E-state index is 12.3. The summed E-state index contributed by atoms with van der Waals surface area (Å²) in [6, 6.07) is 12.8. The second kappa shape index (κ2) is 10.0. The molecule has 0 fully saturated rings. The van der Waals surface area contributed by atoms with E-state index in [1.54, 1.807) is 31.4 Å². The van der Waals surface area contributed by atoms with E-state index in [0.29, 0.717) is 17.3 Å². The Balaban J connectivity index is 1.57. The van der Waals surface area contributed by atoms with Crippen molar-refractivity contribution in [2.24, 2.45) is 0 Å². The Labute approximate surface area is 179 Å². The summed E-state index contributed by atoms with van der Waals surface area (Å²) in [6.45, 7) is 4.47. The molecule has 0 saturated heterocycles. The van der Waals surface area contributed by atoms with E-state index < -0.39 is 0 Å². The van der Waals surface area contributed by atoms with Crippen molar-refractivity contribution in [3.8, 4) is 22.8 Å². The summed E-state index contributed by atoms with van der Waals surface area (Å²) in [5.41, 5.74) is 3.27. The van der Waals surface area contributed by atoms with E-state index in [0.717, 1.165) is 28.3 Å². The predicted octanol–water partition coefficient (Wildman–Crippen LogP) is 5.13. The van der Waals surface area contributed by atoms with Crippen molar-refractivity contribution in [2.45, 2.75) is 26.7 Å². The van der Waals surface area contributed by atoms with E-state index in [9.17, 15) is 9.59 Å². The number of Topliss-reactive ketones (excluding diaryl/α,β-unsaturated/α-hetero) is 1. The van der Waals surface area contributed by atoms with Gasteiger partial charge in [0, 0.05) is 29.3 Å². The van der Waals surface area contributed by atoms with E-state index in [1.807, 2.05) is 37.4 Å². The van der Waals surface area contributed by atoms with Gasteiger partial charge in [0.25, 0.3) is 0 Å². The summed E-state index contributed by atoms with van der Waals surface area (Å²) in [6.07, 6.45) is 0.221. The highest BCUT2D eigenvalue weighted by atomic mass is 32.1. The number of benzene rings is 2. The topological polar surface area (TPSA) is 77.5 Å². The van der Waals surface area contributed by atoms with Crippen molar-refractivity contribution >= 4 is 28.2 Å². The minimum atomic E-state index is -0.244. The molecular formula is C23H24N2O4S. The van der Waals surface area contributed by atoms with Crippen molar-refractivity contribution in [1.82, 2.24) is 4.98 Å². The maximum absolute atomic E-state index is 12.3. The van der Waals surface area contributed by atoms with Gasteiger partial charge in [-0.05, 0) is 50.2 Å². The van der Waals surface area contributed by atoms with Crippen LogP contribution in [0.4, 0.5) is 5.13 Å². The number of aryl methyl sites for hydroxylation is 1. The number of hydrogen-bond donors (Lipinski definition) is 1. The van der Waals surface area contributed by atoms with Gasteiger partial charge in [0.2, 0.25) is 5.91 Å². The fourth-order valence-corrected chi connectivity index (χ4v) is 3.66. The largest absolute Gasteiger partial charge is 0.496 e. The number of ketones is 1. The van der Waals surface area contributed by atoms with Gasteiger partial charge in [-0.25, -0.2) is 4.98 Å². The normalized spacial score (nSPS) is 10.5. The number of nitrogens with zero attached hydrogens (tertiary/aromatic N) is 1. The van der Waals surface area contributed by atoms with Crippen LogP contribution < -0.4 is 14.8 Å². The standard InChI is InChI=1S/C23H24N2O4S/c1-4-29-17-8-6-16(7-9-17)20(26)10-12-22(27)25-23-24-19(14-30-23)18-13-15(2)5-11-21(18)28-3/h5-9,11,13-14H,4,10,12H2,1-3H3,(H,24,25,27). The Hall–Kier alpha value is -3.19. The number of aromatic nitrogens is 1. The van der Waals surface area contributed by atoms with Gasteiger partial charge in [-0.1, -0.05) is 11.6 Å². The van der Waals surface area contributed by atoms with Gasteiger partial charge in [0.05, 0.1) is 19.4 Å². The second-order valence-electron chi connectivity index (χ2n) is 6.67. The lowest BCUT2D eigenvalue weighted by atomic mass is 10.1. The predicted molar refractivity (Wildman–Crippen MR) is 119 cm³/mol. The van der Waals surface area contributed by atoms with E-state index in [1.165, 1.54) is 11.3 Å². The smallest absolute Gasteiger partial charge is 0.226 e. The Morgan fingerprint density at radius 2 is 1.87 bits per heavy atom. The number of thiazole rings is 1. The van der Waals surface area contributed by atoms with E-state index in [-0.39, 0.29) is 24.5 Å². The molecule has 6 nitrogen and oxygen atoms in total. The molecule has 3 aromatic rings. The molecule has 1 amide bonds. The van der Waals surface area contributed by atoms with Crippen LogP contribution in [0.1, 0.15) is 35.7 Å². The zero-order valence-corrected chi connectivity index (χ0v) is 18.0. The third kappa shape index (κ3) is 5.45. The molecule has 1 N–H and O–H groups in total. The summed E-state index contributed by atoms with van der Waals surface area (Å²) in [7, 11) is 1.62. The molecule has 2 aromatic carbocycles. The summed E-state index contributed by atoms with van der Waals surface area (Å²) in [5, 5.41) is 5.14. The molecule has 1 heterocycles. The van der Waals surface area contributed by atoms with Gasteiger partial charge < -0.3 is 14.8 Å². The minimum absolute atomic E-state index is 0.0856. The molecule has 0 aliphatic heterocycles. The molecule has 0 aliphatic rings. The van der Waals surface area contributed by atoms with Crippen LogP contribution in [-0.4, -0.2) is 30.4 Å². The number of amides is 1. The van der Waals surface area contributed by atoms with Crippen LogP contribution in [-0.2, 0) is 4.79 Å². The van der Waals surface area contributed by atoms with Gasteiger partial charge in [-0.15, -0.1) is 11.3 Å². The van der Waals surface area contributed by atoms with E-state index in [2.05, 4.69) is 10.3 Å². The number of methoxy groups -OCH3 is 1. The van der Waals surface area contributed by atoms with Crippen molar-refractivity contribution < 1.29 is 19.1 Å². The lowest BCUT2D eigenvalue weighted by molar-refractivity contribution is -0.116. The van der Waals surface area contributed by atoms with Crippen LogP contribution in [0.3, 0.4) is 0 Å². The molecule has 0 saturated carbocycles. The fourth-order valence-electron chi connectivity index (χ4n) is 2.93. The number of ether oxygens (including phenoxy) is 2. The molecule has 0 atom stereocenters. The molecule has 0 aliphatic carbocycles. The average Bonchev–Trinajstić information content (AvgIpc) is 3.21. The quantitative estimate of drug-likeness (QED) is 0.482.